The van der Waals surface area contributed by atoms with Crippen LogP contribution in [0.3, 0.4) is 0 Å². The van der Waals surface area contributed by atoms with Crippen LogP contribution in [0.2, 0.25) is 0 Å². The molecule has 28 heavy (non-hydrogen) atoms. The Morgan fingerprint density at radius 1 is 1.21 bits per heavy atom. The predicted molar refractivity (Wildman–Crippen MR) is 111 cm³/mol. The minimum atomic E-state index is -0.372. The predicted octanol–water partition coefficient (Wildman–Crippen LogP) is 4.28. The van der Waals surface area contributed by atoms with Gasteiger partial charge in [-0.1, -0.05) is 35.2 Å². The SMILES string of the molecule is COc1cccc(Nc2nnc(S[C@@H](C)C(=O)Nc3cccc(C#N)c3)s2)c1. The first-order valence-electron chi connectivity index (χ1n) is 8.29. The van der Waals surface area contributed by atoms with Gasteiger partial charge in [-0.15, -0.1) is 10.2 Å². The normalized spacial score (nSPS) is 11.3. The molecular weight excluding hydrogens is 394 g/mol. The van der Waals surface area contributed by atoms with Crippen molar-refractivity contribution in [1.29, 1.82) is 5.26 Å². The number of ether oxygens (including phenoxy) is 1. The molecule has 0 radical (unpaired) electrons. The zero-order valence-electron chi connectivity index (χ0n) is 15.2. The molecule has 2 N–H and O–H groups in total. The molecule has 142 valence electrons. The van der Waals surface area contributed by atoms with Gasteiger partial charge in [0.05, 0.1) is 24.0 Å². The number of methoxy groups -OCH3 is 1. The molecule has 1 amide bonds. The van der Waals surface area contributed by atoms with E-state index in [1.807, 2.05) is 24.3 Å². The third-order valence-corrected chi connectivity index (χ3v) is 5.66. The molecule has 0 saturated heterocycles. The largest absolute Gasteiger partial charge is 0.497 e. The van der Waals surface area contributed by atoms with Crippen molar-refractivity contribution in [2.24, 2.45) is 0 Å². The number of aromatic nitrogens is 2. The Morgan fingerprint density at radius 2 is 2.00 bits per heavy atom. The summed E-state index contributed by atoms with van der Waals surface area (Å²) < 4.78 is 5.88. The summed E-state index contributed by atoms with van der Waals surface area (Å²) in [6.07, 6.45) is 0. The van der Waals surface area contributed by atoms with E-state index in [-0.39, 0.29) is 11.2 Å². The Morgan fingerprint density at radius 3 is 2.79 bits per heavy atom. The van der Waals surface area contributed by atoms with Crippen molar-refractivity contribution in [3.8, 4) is 11.8 Å². The lowest BCUT2D eigenvalue weighted by atomic mass is 10.2. The molecule has 2 aromatic carbocycles. The molecule has 3 rings (SSSR count). The Labute approximate surface area is 170 Å². The van der Waals surface area contributed by atoms with Crippen LogP contribution in [0.4, 0.5) is 16.5 Å². The molecule has 7 nitrogen and oxygen atoms in total. The maximum absolute atomic E-state index is 12.4. The molecule has 9 heteroatoms. The minimum Gasteiger partial charge on any atom is -0.497 e. The minimum absolute atomic E-state index is 0.169. The summed E-state index contributed by atoms with van der Waals surface area (Å²) in [5.74, 6) is 0.576. The van der Waals surface area contributed by atoms with Crippen LogP contribution in [0.1, 0.15) is 12.5 Å². The molecule has 0 spiro atoms. The number of nitrogens with one attached hydrogen (secondary N) is 2. The second-order valence-corrected chi connectivity index (χ2v) is 8.24. The van der Waals surface area contributed by atoms with Crippen LogP contribution in [0.5, 0.6) is 5.75 Å². The smallest absolute Gasteiger partial charge is 0.237 e. The molecule has 0 bridgehead atoms. The fourth-order valence-electron chi connectivity index (χ4n) is 2.25. The highest BCUT2D eigenvalue weighted by molar-refractivity contribution is 8.02. The number of benzene rings is 2. The highest BCUT2D eigenvalue weighted by Crippen LogP contribution is 2.31. The van der Waals surface area contributed by atoms with E-state index in [1.165, 1.54) is 23.1 Å². The number of amides is 1. The van der Waals surface area contributed by atoms with Crippen LogP contribution in [-0.4, -0.2) is 28.5 Å². The Hall–Kier alpha value is -3.09. The third kappa shape index (κ3) is 5.22. The van der Waals surface area contributed by atoms with Crippen molar-refractivity contribution in [2.45, 2.75) is 16.5 Å². The van der Waals surface area contributed by atoms with Gasteiger partial charge in [-0.3, -0.25) is 4.79 Å². The topological polar surface area (TPSA) is 99.9 Å². The maximum Gasteiger partial charge on any atom is 0.237 e. The molecule has 0 aliphatic rings. The first kappa shape index (κ1) is 19.7. The van der Waals surface area contributed by atoms with Crippen LogP contribution in [0.15, 0.2) is 52.9 Å². The van der Waals surface area contributed by atoms with Gasteiger partial charge in [-0.05, 0) is 37.3 Å². The summed E-state index contributed by atoms with van der Waals surface area (Å²) in [6, 6.07) is 16.4. The van der Waals surface area contributed by atoms with E-state index in [0.717, 1.165) is 11.4 Å². The van der Waals surface area contributed by atoms with E-state index in [4.69, 9.17) is 10.00 Å². The molecular formula is C19H17N5O2S2. The van der Waals surface area contributed by atoms with Gasteiger partial charge >= 0.3 is 0 Å². The van der Waals surface area contributed by atoms with Crippen molar-refractivity contribution in [2.75, 3.05) is 17.7 Å². The van der Waals surface area contributed by atoms with Crippen LogP contribution in [-0.2, 0) is 4.79 Å². The monoisotopic (exact) mass is 411 g/mol. The fraction of sp³-hybridized carbons (Fsp3) is 0.158. The van der Waals surface area contributed by atoms with Crippen LogP contribution < -0.4 is 15.4 Å². The summed E-state index contributed by atoms with van der Waals surface area (Å²) in [7, 11) is 1.61. The number of hydrogen-bond acceptors (Lipinski definition) is 8. The first-order valence-corrected chi connectivity index (χ1v) is 9.99. The molecule has 0 aliphatic carbocycles. The number of hydrogen-bond donors (Lipinski definition) is 2. The number of carbonyl (C=O) groups excluding carboxylic acids is 1. The highest BCUT2D eigenvalue weighted by Gasteiger charge is 2.17. The summed E-state index contributed by atoms with van der Waals surface area (Å²) in [6.45, 7) is 1.80. The van der Waals surface area contributed by atoms with Gasteiger partial charge < -0.3 is 15.4 Å². The Bertz CT molecular complexity index is 1020. The summed E-state index contributed by atoms with van der Waals surface area (Å²) in [4.78, 5) is 12.4. The number of nitrogens with zero attached hydrogens (tertiary/aromatic N) is 3. The second kappa shape index (κ2) is 9.21. The van der Waals surface area contributed by atoms with Gasteiger partial charge in [-0.25, -0.2) is 0 Å². The lowest BCUT2D eigenvalue weighted by Gasteiger charge is -2.10. The zero-order chi connectivity index (χ0) is 19.9. The maximum atomic E-state index is 12.4. The number of carbonyl (C=O) groups is 1. The van der Waals surface area contributed by atoms with Gasteiger partial charge in [0.25, 0.3) is 0 Å². The molecule has 0 saturated carbocycles. The summed E-state index contributed by atoms with van der Waals surface area (Å²) in [5, 5.41) is 23.4. The number of nitriles is 1. The zero-order valence-corrected chi connectivity index (χ0v) is 16.8. The quantitative estimate of drug-likeness (QED) is 0.560. The standard InChI is InChI=1S/C19H17N5O2S2/c1-12(17(25)21-14-6-3-5-13(9-14)11-20)27-19-24-23-18(28-19)22-15-7-4-8-16(10-15)26-2/h3-10,12H,1-2H3,(H,21,25)(H,22,23)/t12-/m0/s1. The molecule has 1 aromatic heterocycles. The van der Waals surface area contributed by atoms with Crippen LogP contribution >= 0.6 is 23.1 Å². The lowest BCUT2D eigenvalue weighted by molar-refractivity contribution is -0.115. The van der Waals surface area contributed by atoms with Gasteiger partial charge in [0.1, 0.15) is 5.75 Å². The molecule has 3 aromatic rings. The van der Waals surface area contributed by atoms with Crippen molar-refractivity contribution in [3.63, 3.8) is 0 Å². The van der Waals surface area contributed by atoms with E-state index in [2.05, 4.69) is 26.9 Å². The molecule has 0 fully saturated rings. The number of anilines is 3. The van der Waals surface area contributed by atoms with Gasteiger partial charge in [-0.2, -0.15) is 5.26 Å². The first-order chi connectivity index (χ1) is 13.6. The van der Waals surface area contributed by atoms with Crippen molar-refractivity contribution < 1.29 is 9.53 Å². The molecule has 1 heterocycles. The van der Waals surface area contributed by atoms with Gasteiger partial charge in [0.15, 0.2) is 4.34 Å². The van der Waals surface area contributed by atoms with Gasteiger partial charge in [0, 0.05) is 17.4 Å². The average molecular weight is 412 g/mol. The van der Waals surface area contributed by atoms with Gasteiger partial charge in [0.2, 0.25) is 11.0 Å². The Balaban J connectivity index is 1.59. The molecule has 0 aliphatic heterocycles. The molecule has 0 unspecified atom stereocenters. The van der Waals surface area contributed by atoms with E-state index >= 15 is 0 Å². The average Bonchev–Trinajstić information content (AvgIpc) is 3.14. The van der Waals surface area contributed by atoms with E-state index in [0.29, 0.717) is 20.7 Å². The van der Waals surface area contributed by atoms with Crippen molar-refractivity contribution in [1.82, 2.24) is 10.2 Å². The fourth-order valence-corrected chi connectivity index (χ4v) is 4.16. The van der Waals surface area contributed by atoms with E-state index in [1.54, 1.807) is 38.3 Å². The number of rotatable bonds is 7. The number of thioether (sulfide) groups is 1. The van der Waals surface area contributed by atoms with Crippen molar-refractivity contribution in [3.05, 3.63) is 54.1 Å². The van der Waals surface area contributed by atoms with Crippen molar-refractivity contribution >= 4 is 45.5 Å². The van der Waals surface area contributed by atoms with Crippen LogP contribution in [0.25, 0.3) is 0 Å². The Kier molecular flexibility index (Phi) is 6.47. The van der Waals surface area contributed by atoms with Crippen LogP contribution in [0, 0.1) is 11.3 Å². The second-order valence-electron chi connectivity index (χ2n) is 5.67. The van der Waals surface area contributed by atoms with E-state index in [9.17, 15) is 4.79 Å². The lowest BCUT2D eigenvalue weighted by Crippen LogP contribution is -2.22. The van der Waals surface area contributed by atoms with E-state index < -0.39 is 0 Å². The third-order valence-electron chi connectivity index (χ3n) is 3.63. The summed E-state index contributed by atoms with van der Waals surface area (Å²) in [5.41, 5.74) is 1.93. The highest BCUT2D eigenvalue weighted by atomic mass is 32.2. The summed E-state index contributed by atoms with van der Waals surface area (Å²) >= 11 is 2.69. The molecule has 1 atom stereocenters.